The van der Waals surface area contributed by atoms with Crippen LogP contribution in [0.1, 0.15) is 16.1 Å². The molecule has 0 saturated carbocycles. The van der Waals surface area contributed by atoms with Crippen molar-refractivity contribution in [1.82, 2.24) is 15.7 Å². The van der Waals surface area contributed by atoms with E-state index in [1.165, 1.54) is 0 Å². The molecule has 0 bridgehead atoms. The van der Waals surface area contributed by atoms with Crippen LogP contribution in [0.15, 0.2) is 57.8 Å². The molecule has 33 heavy (non-hydrogen) atoms. The van der Waals surface area contributed by atoms with Crippen molar-refractivity contribution in [3.05, 3.63) is 59.9 Å². The van der Waals surface area contributed by atoms with E-state index >= 15 is 0 Å². The van der Waals surface area contributed by atoms with E-state index in [0.717, 1.165) is 61.1 Å². The summed E-state index contributed by atoms with van der Waals surface area (Å²) in [5.41, 5.74) is 3.35. The molecule has 3 aromatic rings. The van der Waals surface area contributed by atoms with Crippen LogP contribution < -0.4 is 15.5 Å². The minimum absolute atomic E-state index is 0.267. The molecule has 0 unspecified atom stereocenters. The Morgan fingerprint density at radius 1 is 1.12 bits per heavy atom. The van der Waals surface area contributed by atoms with Gasteiger partial charge in [0.25, 0.3) is 5.91 Å². The van der Waals surface area contributed by atoms with Crippen LogP contribution >= 0.6 is 11.8 Å². The first-order chi connectivity index (χ1) is 16.1. The number of ether oxygens (including phenoxy) is 2. The Hall–Kier alpha value is -3.05. The summed E-state index contributed by atoms with van der Waals surface area (Å²) in [6.07, 6.45) is 0. The maximum absolute atomic E-state index is 12.6. The summed E-state index contributed by atoms with van der Waals surface area (Å²) in [7, 11) is 0. The van der Waals surface area contributed by atoms with Gasteiger partial charge in [0.15, 0.2) is 5.76 Å². The minimum atomic E-state index is -0.565. The zero-order valence-corrected chi connectivity index (χ0v) is 18.7. The van der Waals surface area contributed by atoms with Crippen LogP contribution in [0.4, 0.5) is 4.79 Å². The summed E-state index contributed by atoms with van der Waals surface area (Å²) in [6, 6.07) is 14.5. The molecular weight excluding hydrogens is 446 g/mol. The number of furan rings is 1. The minimum Gasteiger partial charge on any atom is -0.492 e. The van der Waals surface area contributed by atoms with Gasteiger partial charge < -0.3 is 19.2 Å². The topological polar surface area (TPSA) is 113 Å². The molecule has 0 atom stereocenters. The van der Waals surface area contributed by atoms with Gasteiger partial charge in [0.05, 0.1) is 19.8 Å². The van der Waals surface area contributed by atoms with E-state index in [4.69, 9.17) is 19.1 Å². The number of hydrogen-bond donors (Lipinski definition) is 3. The highest BCUT2D eigenvalue weighted by Crippen LogP contribution is 2.25. The molecule has 2 aromatic carbocycles. The van der Waals surface area contributed by atoms with E-state index in [-0.39, 0.29) is 18.3 Å². The van der Waals surface area contributed by atoms with Crippen LogP contribution in [0.5, 0.6) is 5.75 Å². The van der Waals surface area contributed by atoms with Crippen molar-refractivity contribution in [3.63, 3.8) is 0 Å². The molecule has 4 rings (SSSR count). The fourth-order valence-electron chi connectivity index (χ4n) is 3.51. The van der Waals surface area contributed by atoms with Gasteiger partial charge in [-0.3, -0.25) is 19.7 Å². The number of nitrogens with zero attached hydrogens (tertiary/aromatic N) is 1. The molecule has 0 spiro atoms. The summed E-state index contributed by atoms with van der Waals surface area (Å²) in [5, 5.41) is 11.7. The number of hydrogen-bond acceptors (Lipinski definition) is 8. The second-order valence-corrected chi connectivity index (χ2v) is 8.46. The molecule has 1 aromatic heterocycles. The van der Waals surface area contributed by atoms with Gasteiger partial charge in [0.1, 0.15) is 17.9 Å². The number of nitrogens with one attached hydrogen (secondary N) is 2. The Balaban J connectivity index is 1.28. The highest BCUT2D eigenvalue weighted by molar-refractivity contribution is 8.13. The number of rotatable bonds is 8. The molecule has 3 N–H and O–H groups in total. The van der Waals surface area contributed by atoms with E-state index in [0.29, 0.717) is 17.2 Å². The van der Waals surface area contributed by atoms with Gasteiger partial charge in [-0.05, 0) is 42.1 Å². The first-order valence-corrected chi connectivity index (χ1v) is 11.4. The monoisotopic (exact) mass is 471 g/mol. The highest BCUT2D eigenvalue weighted by atomic mass is 32.2. The maximum Gasteiger partial charge on any atom is 0.307 e. The second kappa shape index (κ2) is 11.2. The highest BCUT2D eigenvalue weighted by Gasteiger charge is 2.17. The molecule has 10 heteroatoms. The zero-order valence-electron chi connectivity index (χ0n) is 17.9. The first kappa shape index (κ1) is 23.1. The van der Waals surface area contributed by atoms with Gasteiger partial charge >= 0.3 is 5.24 Å². The first-order valence-electron chi connectivity index (χ1n) is 10.6. The molecule has 174 valence electrons. The summed E-state index contributed by atoms with van der Waals surface area (Å²) >= 11 is 0.863. The van der Waals surface area contributed by atoms with Crippen molar-refractivity contribution in [1.29, 1.82) is 0 Å². The fraction of sp³-hybridized carbons (Fsp3) is 0.304. The third kappa shape index (κ3) is 6.26. The van der Waals surface area contributed by atoms with Gasteiger partial charge in [-0.15, -0.1) is 0 Å². The number of hydroxylamine groups is 1. The lowest BCUT2D eigenvalue weighted by atomic mass is 10.1. The molecule has 9 nitrogen and oxygen atoms in total. The van der Waals surface area contributed by atoms with Crippen LogP contribution in [0.25, 0.3) is 11.0 Å². The predicted molar refractivity (Wildman–Crippen MR) is 123 cm³/mol. The zero-order chi connectivity index (χ0) is 23.0. The standard InChI is InChI=1S/C23H25N3O6S/c27-22(24-8-11-31-18-4-6-19(7-5-18)33-23(28)25-29)20-14-16-2-1-3-17(21(16)32-20)15-26-9-12-30-13-10-26/h1-7,14,29H,8-13,15H2,(H,24,27)(H,25,28). The molecule has 1 aliphatic rings. The maximum atomic E-state index is 12.6. The van der Waals surface area contributed by atoms with Gasteiger partial charge in [-0.1, -0.05) is 18.2 Å². The van der Waals surface area contributed by atoms with Crippen molar-refractivity contribution in [2.24, 2.45) is 0 Å². The summed E-state index contributed by atoms with van der Waals surface area (Å²) in [5.74, 6) is 0.575. The second-order valence-electron chi connectivity index (χ2n) is 7.41. The number of morpholine rings is 1. The molecule has 1 aliphatic heterocycles. The van der Waals surface area contributed by atoms with Gasteiger partial charge in [-0.25, -0.2) is 5.48 Å². The molecule has 1 saturated heterocycles. The van der Waals surface area contributed by atoms with Crippen molar-refractivity contribution < 1.29 is 28.7 Å². The smallest absolute Gasteiger partial charge is 0.307 e. The van der Waals surface area contributed by atoms with E-state index < -0.39 is 5.24 Å². The molecule has 0 aliphatic carbocycles. The SMILES string of the molecule is O=C(NO)Sc1ccc(OCCNC(=O)c2cc3cccc(CN4CCOCC4)c3o2)cc1. The van der Waals surface area contributed by atoms with E-state index in [9.17, 15) is 9.59 Å². The number of thioether (sulfide) groups is 1. The summed E-state index contributed by atoms with van der Waals surface area (Å²) in [4.78, 5) is 26.7. The van der Waals surface area contributed by atoms with Crippen molar-refractivity contribution in [2.75, 3.05) is 39.5 Å². The number of carbonyl (C=O) groups excluding carboxylic acids is 2. The number of carbonyl (C=O) groups is 2. The Kier molecular flexibility index (Phi) is 7.84. The number of amides is 2. The lowest BCUT2D eigenvalue weighted by Crippen LogP contribution is -2.35. The fourth-order valence-corrected chi connectivity index (χ4v) is 4.05. The van der Waals surface area contributed by atoms with Crippen LogP contribution in [0.2, 0.25) is 0 Å². The van der Waals surface area contributed by atoms with Crippen LogP contribution in [0.3, 0.4) is 0 Å². The molecule has 2 amide bonds. The van der Waals surface area contributed by atoms with Crippen molar-refractivity contribution in [2.45, 2.75) is 11.4 Å². The summed E-state index contributed by atoms with van der Waals surface area (Å²) in [6.45, 7) is 4.55. The van der Waals surface area contributed by atoms with Gasteiger partial charge in [0.2, 0.25) is 0 Å². The Bertz CT molecular complexity index is 1100. The van der Waals surface area contributed by atoms with Crippen LogP contribution in [-0.4, -0.2) is 60.7 Å². The third-order valence-electron chi connectivity index (χ3n) is 5.13. The number of para-hydroxylation sites is 1. The predicted octanol–water partition coefficient (Wildman–Crippen LogP) is 3.26. The van der Waals surface area contributed by atoms with E-state index in [2.05, 4.69) is 10.2 Å². The van der Waals surface area contributed by atoms with Crippen LogP contribution in [-0.2, 0) is 11.3 Å². The molecule has 2 heterocycles. The van der Waals surface area contributed by atoms with Gasteiger partial charge in [-0.2, -0.15) is 0 Å². The molecule has 0 radical (unpaired) electrons. The Labute approximate surface area is 195 Å². The summed E-state index contributed by atoms with van der Waals surface area (Å²) < 4.78 is 16.9. The lowest BCUT2D eigenvalue weighted by molar-refractivity contribution is 0.0342. The Morgan fingerprint density at radius 3 is 2.67 bits per heavy atom. The third-order valence-corrected chi connectivity index (χ3v) is 5.91. The molecule has 1 fully saturated rings. The average Bonchev–Trinajstić information content (AvgIpc) is 3.29. The lowest BCUT2D eigenvalue weighted by Gasteiger charge is -2.26. The van der Waals surface area contributed by atoms with Crippen LogP contribution in [0, 0.1) is 0 Å². The molecular formula is C23H25N3O6S. The number of fused-ring (bicyclic) bond motifs is 1. The quantitative estimate of drug-likeness (QED) is 0.199. The normalized spacial score (nSPS) is 14.2. The Morgan fingerprint density at radius 2 is 1.91 bits per heavy atom. The van der Waals surface area contributed by atoms with Crippen molar-refractivity contribution >= 4 is 33.9 Å². The van der Waals surface area contributed by atoms with E-state index in [1.54, 1.807) is 35.8 Å². The average molecular weight is 472 g/mol. The van der Waals surface area contributed by atoms with Crippen molar-refractivity contribution in [3.8, 4) is 5.75 Å². The number of benzene rings is 2. The van der Waals surface area contributed by atoms with E-state index in [1.807, 2.05) is 18.2 Å². The van der Waals surface area contributed by atoms with Gasteiger partial charge in [0, 0.05) is 35.5 Å². The largest absolute Gasteiger partial charge is 0.492 e.